The molecule has 3 rings (SSSR count). The number of para-hydroxylation sites is 2. The molecule has 164 valence electrons. The van der Waals surface area contributed by atoms with Gasteiger partial charge in [0, 0.05) is 37.7 Å². The van der Waals surface area contributed by atoms with E-state index in [1.165, 1.54) is 12.0 Å². The second-order valence-electron chi connectivity index (χ2n) is 7.50. The van der Waals surface area contributed by atoms with Gasteiger partial charge in [-0.05, 0) is 31.2 Å². The molecule has 1 atom stereocenters. The Bertz CT molecular complexity index is 991. The predicted molar refractivity (Wildman–Crippen MR) is 117 cm³/mol. The minimum atomic E-state index is -0.340. The fourth-order valence-corrected chi connectivity index (χ4v) is 3.69. The van der Waals surface area contributed by atoms with E-state index < -0.39 is 0 Å². The van der Waals surface area contributed by atoms with Crippen LogP contribution in [0, 0.1) is 0 Å². The highest BCUT2D eigenvalue weighted by Crippen LogP contribution is 2.31. The average Bonchev–Trinajstić information content (AvgIpc) is 2.87. The van der Waals surface area contributed by atoms with E-state index in [1.807, 2.05) is 13.0 Å². The van der Waals surface area contributed by atoms with Crippen LogP contribution in [0.3, 0.4) is 0 Å². The zero-order valence-corrected chi connectivity index (χ0v) is 18.2. The van der Waals surface area contributed by atoms with Crippen LogP contribution in [0.25, 0.3) is 0 Å². The molecule has 0 fully saturated rings. The Morgan fingerprint density at radius 2 is 1.94 bits per heavy atom. The van der Waals surface area contributed by atoms with E-state index >= 15 is 0 Å². The topological polar surface area (TPSA) is 88.2 Å². The van der Waals surface area contributed by atoms with Gasteiger partial charge in [0.1, 0.15) is 12.3 Å². The van der Waals surface area contributed by atoms with Crippen molar-refractivity contribution < 1.29 is 23.9 Å². The molecule has 1 heterocycles. The zero-order chi connectivity index (χ0) is 22.5. The largest absolute Gasteiger partial charge is 0.496 e. The number of carbonyl (C=O) groups excluding carboxylic acids is 3. The Balaban J connectivity index is 1.80. The van der Waals surface area contributed by atoms with Crippen molar-refractivity contribution in [2.45, 2.75) is 26.0 Å². The van der Waals surface area contributed by atoms with Gasteiger partial charge in [-0.2, -0.15) is 0 Å². The summed E-state index contributed by atoms with van der Waals surface area (Å²) in [5, 5.41) is 2.83. The molecule has 8 nitrogen and oxygen atoms in total. The molecule has 2 aromatic carbocycles. The summed E-state index contributed by atoms with van der Waals surface area (Å²) in [7, 11) is 4.69. The summed E-state index contributed by atoms with van der Waals surface area (Å²) in [4.78, 5) is 41.2. The minimum absolute atomic E-state index is 0.131. The Morgan fingerprint density at radius 3 is 2.65 bits per heavy atom. The first-order valence-corrected chi connectivity index (χ1v) is 9.98. The van der Waals surface area contributed by atoms with Gasteiger partial charge >= 0.3 is 0 Å². The number of anilines is 2. The van der Waals surface area contributed by atoms with Crippen LogP contribution in [0.2, 0.25) is 0 Å². The molecule has 0 saturated carbocycles. The molecule has 0 radical (unpaired) electrons. The summed E-state index contributed by atoms with van der Waals surface area (Å²) >= 11 is 0. The fourth-order valence-electron chi connectivity index (χ4n) is 3.69. The third kappa shape index (κ3) is 4.86. The number of ether oxygens (including phenoxy) is 2. The summed E-state index contributed by atoms with van der Waals surface area (Å²) in [6.07, 6.45) is 0.177. The maximum atomic E-state index is 13.2. The summed E-state index contributed by atoms with van der Waals surface area (Å²) in [5.74, 6) is -0.175. The molecule has 0 aliphatic carbocycles. The van der Waals surface area contributed by atoms with E-state index in [-0.39, 0.29) is 36.7 Å². The molecule has 2 aromatic rings. The molecule has 1 aliphatic heterocycles. The first kappa shape index (κ1) is 22.3. The van der Waals surface area contributed by atoms with Gasteiger partial charge in [-0.3, -0.25) is 14.4 Å². The van der Waals surface area contributed by atoms with E-state index in [4.69, 9.17) is 9.47 Å². The molecular formula is C23H27N3O5. The molecule has 8 heteroatoms. The van der Waals surface area contributed by atoms with Crippen LogP contribution in [0.5, 0.6) is 5.75 Å². The Morgan fingerprint density at radius 1 is 1.19 bits per heavy atom. The molecule has 1 unspecified atom stereocenters. The van der Waals surface area contributed by atoms with Crippen LogP contribution < -0.4 is 15.0 Å². The molecule has 31 heavy (non-hydrogen) atoms. The van der Waals surface area contributed by atoms with E-state index in [0.717, 1.165) is 5.56 Å². The average molecular weight is 425 g/mol. The second-order valence-corrected chi connectivity index (χ2v) is 7.50. The Kier molecular flexibility index (Phi) is 6.91. The highest BCUT2D eigenvalue weighted by Gasteiger charge is 2.30. The number of hydrogen-bond donors (Lipinski definition) is 1. The molecule has 0 spiro atoms. The van der Waals surface area contributed by atoms with Gasteiger partial charge in [0.25, 0.3) is 5.91 Å². The van der Waals surface area contributed by atoms with Crippen molar-refractivity contribution in [2.75, 3.05) is 38.0 Å². The number of fused-ring (bicyclic) bond motifs is 1. The number of rotatable bonds is 6. The van der Waals surface area contributed by atoms with Crippen molar-refractivity contribution in [2.24, 2.45) is 0 Å². The highest BCUT2D eigenvalue weighted by molar-refractivity contribution is 6.06. The molecule has 0 bridgehead atoms. The van der Waals surface area contributed by atoms with Crippen molar-refractivity contribution in [3.63, 3.8) is 0 Å². The van der Waals surface area contributed by atoms with Crippen LogP contribution in [0.4, 0.5) is 11.4 Å². The third-order valence-electron chi connectivity index (χ3n) is 5.18. The molecule has 1 aliphatic rings. The lowest BCUT2D eigenvalue weighted by Gasteiger charge is -2.29. The van der Waals surface area contributed by atoms with E-state index in [2.05, 4.69) is 5.32 Å². The van der Waals surface area contributed by atoms with Crippen LogP contribution in [0.15, 0.2) is 42.5 Å². The van der Waals surface area contributed by atoms with Crippen molar-refractivity contribution in [3.8, 4) is 5.75 Å². The van der Waals surface area contributed by atoms with E-state index in [9.17, 15) is 14.4 Å². The van der Waals surface area contributed by atoms with Gasteiger partial charge in [-0.15, -0.1) is 0 Å². The van der Waals surface area contributed by atoms with Gasteiger partial charge in [0.2, 0.25) is 11.8 Å². The van der Waals surface area contributed by atoms with Gasteiger partial charge in [0.05, 0.1) is 25.1 Å². The third-order valence-corrected chi connectivity index (χ3v) is 5.18. The predicted octanol–water partition coefficient (Wildman–Crippen LogP) is 2.68. The highest BCUT2D eigenvalue weighted by atomic mass is 16.5. The number of nitrogens with one attached hydrogen (secondary N) is 1. The summed E-state index contributed by atoms with van der Waals surface area (Å²) < 4.78 is 10.5. The van der Waals surface area contributed by atoms with Crippen molar-refractivity contribution in [3.05, 3.63) is 53.6 Å². The first-order valence-electron chi connectivity index (χ1n) is 9.98. The SMILES string of the molecule is COCc1ccc(C(=O)N(C)CC(=O)N2c3ccccc3NC(=O)CC2C)cc1OC. The van der Waals surface area contributed by atoms with E-state index in [0.29, 0.717) is 29.3 Å². The molecule has 0 saturated heterocycles. The minimum Gasteiger partial charge on any atom is -0.496 e. The monoisotopic (exact) mass is 425 g/mol. The van der Waals surface area contributed by atoms with Crippen molar-refractivity contribution >= 4 is 29.1 Å². The summed E-state index contributed by atoms with van der Waals surface area (Å²) in [6.45, 7) is 2.06. The van der Waals surface area contributed by atoms with Crippen LogP contribution in [-0.2, 0) is 20.9 Å². The number of methoxy groups -OCH3 is 2. The van der Waals surface area contributed by atoms with Gasteiger partial charge in [0.15, 0.2) is 0 Å². The van der Waals surface area contributed by atoms with Crippen molar-refractivity contribution in [1.82, 2.24) is 4.90 Å². The van der Waals surface area contributed by atoms with Crippen molar-refractivity contribution in [1.29, 1.82) is 0 Å². The van der Waals surface area contributed by atoms with Gasteiger partial charge in [-0.1, -0.05) is 18.2 Å². The Labute approximate surface area is 181 Å². The lowest BCUT2D eigenvalue weighted by atomic mass is 10.1. The number of nitrogens with zero attached hydrogens (tertiary/aromatic N) is 2. The summed E-state index contributed by atoms with van der Waals surface area (Å²) in [6, 6.07) is 11.9. The number of hydrogen-bond acceptors (Lipinski definition) is 5. The maximum Gasteiger partial charge on any atom is 0.254 e. The quantitative estimate of drug-likeness (QED) is 0.769. The summed E-state index contributed by atoms with van der Waals surface area (Å²) in [5.41, 5.74) is 2.44. The smallest absolute Gasteiger partial charge is 0.254 e. The zero-order valence-electron chi connectivity index (χ0n) is 18.2. The molecular weight excluding hydrogens is 398 g/mol. The Hall–Kier alpha value is -3.39. The second kappa shape index (κ2) is 9.61. The van der Waals surface area contributed by atoms with Gasteiger partial charge in [-0.25, -0.2) is 0 Å². The van der Waals surface area contributed by atoms with Gasteiger partial charge < -0.3 is 24.6 Å². The van der Waals surface area contributed by atoms with Crippen LogP contribution in [0.1, 0.15) is 29.3 Å². The van der Waals surface area contributed by atoms with E-state index in [1.54, 1.807) is 55.5 Å². The lowest BCUT2D eigenvalue weighted by molar-refractivity contribution is -0.119. The molecule has 3 amide bonds. The standard InChI is InChI=1S/C23H27N3O5/c1-15-11-21(27)24-18-7-5-6-8-19(18)26(15)22(28)13-25(2)23(29)16-9-10-17(14-30-3)20(12-16)31-4/h5-10,12,15H,11,13-14H2,1-4H3,(H,24,27). The normalized spacial score (nSPS) is 15.5. The van der Waals surface area contributed by atoms with Crippen LogP contribution >= 0.6 is 0 Å². The first-order chi connectivity index (χ1) is 14.8. The fraction of sp³-hybridized carbons (Fsp3) is 0.348. The molecule has 1 N–H and O–H groups in total. The lowest BCUT2D eigenvalue weighted by Crippen LogP contribution is -2.45. The maximum absolute atomic E-state index is 13.2. The number of benzene rings is 2. The van der Waals surface area contributed by atoms with Crippen LogP contribution in [-0.4, -0.2) is 56.5 Å². The number of amides is 3. The molecule has 0 aromatic heterocycles. The number of carbonyl (C=O) groups is 3. The number of likely N-dealkylation sites (N-methyl/N-ethyl adjacent to an activating group) is 1.